The molecule has 2 N–H and O–H groups in total. The quantitative estimate of drug-likeness (QED) is 0.612. The number of benzene rings is 2. The molecule has 2 atom stereocenters. The molecule has 0 spiro atoms. The van der Waals surface area contributed by atoms with Gasteiger partial charge in [0.05, 0.1) is 17.3 Å². The minimum absolute atomic E-state index is 0.0957. The summed E-state index contributed by atoms with van der Waals surface area (Å²) >= 11 is 0. The van der Waals surface area contributed by atoms with Gasteiger partial charge in [-0.15, -0.1) is 0 Å². The molecule has 2 aromatic rings. The van der Waals surface area contributed by atoms with Crippen molar-refractivity contribution in [2.75, 3.05) is 18.1 Å². The van der Waals surface area contributed by atoms with Crippen LogP contribution in [0.25, 0.3) is 0 Å². The lowest BCUT2D eigenvalue weighted by Crippen LogP contribution is -2.49. The van der Waals surface area contributed by atoms with Crippen LogP contribution in [-0.2, 0) is 5.60 Å². The smallest absolute Gasteiger partial charge is 0.390 e. The number of amides is 1. The van der Waals surface area contributed by atoms with Crippen LogP contribution in [0.15, 0.2) is 53.6 Å². The first-order chi connectivity index (χ1) is 16.4. The Labute approximate surface area is 200 Å². The van der Waals surface area contributed by atoms with Gasteiger partial charge < -0.3 is 15.1 Å². The van der Waals surface area contributed by atoms with Crippen molar-refractivity contribution in [3.8, 4) is 0 Å². The molecule has 188 valence electrons. The summed E-state index contributed by atoms with van der Waals surface area (Å²) in [7, 11) is 0. The SMILES string of the molecule is C[C@@](O)(c1ccc(C(=O)N2CCC(O)(CC3CC=NN3c3ccc(F)cc3)CC2)cc1)C(F)(F)F. The second-order valence-electron chi connectivity index (χ2n) is 9.38. The van der Waals surface area contributed by atoms with Gasteiger partial charge in [-0.1, -0.05) is 12.1 Å². The van der Waals surface area contributed by atoms with Crippen molar-refractivity contribution in [2.45, 2.75) is 56.0 Å². The standard InChI is InChI=1S/C25H27F4N3O3/c1-23(34,25(27,28)29)18-4-2-17(3-5-18)22(33)31-14-11-24(35,12-15-31)16-21-10-13-30-32(21)20-8-6-19(26)7-9-20/h2-9,13,21,34-35H,10-12,14-16H2,1H3/t21?,23-/m1/s1. The van der Waals surface area contributed by atoms with Crippen molar-refractivity contribution < 1.29 is 32.6 Å². The Morgan fingerprint density at radius 3 is 2.26 bits per heavy atom. The zero-order valence-corrected chi connectivity index (χ0v) is 19.2. The summed E-state index contributed by atoms with van der Waals surface area (Å²) in [6.45, 7) is 1.25. The minimum atomic E-state index is -4.84. The van der Waals surface area contributed by atoms with Gasteiger partial charge in [0.15, 0.2) is 5.60 Å². The molecule has 35 heavy (non-hydrogen) atoms. The first kappa shape index (κ1) is 25.1. The average Bonchev–Trinajstić information content (AvgIpc) is 3.26. The molecule has 1 unspecified atom stereocenters. The summed E-state index contributed by atoms with van der Waals surface area (Å²) in [5, 5.41) is 27.1. The molecule has 4 rings (SSSR count). The molecular weight excluding hydrogens is 466 g/mol. The van der Waals surface area contributed by atoms with E-state index < -0.39 is 17.4 Å². The fourth-order valence-corrected chi connectivity index (χ4v) is 4.54. The fraction of sp³-hybridized carbons (Fsp3) is 0.440. The highest BCUT2D eigenvalue weighted by atomic mass is 19.4. The lowest BCUT2D eigenvalue weighted by molar-refractivity contribution is -0.258. The third-order valence-electron chi connectivity index (χ3n) is 6.86. The van der Waals surface area contributed by atoms with E-state index in [1.165, 1.54) is 24.3 Å². The molecule has 6 nitrogen and oxygen atoms in total. The number of hydrogen-bond acceptors (Lipinski definition) is 5. The number of aliphatic hydroxyl groups is 2. The lowest BCUT2D eigenvalue weighted by atomic mass is 9.84. The van der Waals surface area contributed by atoms with E-state index in [-0.39, 0.29) is 28.9 Å². The predicted molar refractivity (Wildman–Crippen MR) is 123 cm³/mol. The topological polar surface area (TPSA) is 76.4 Å². The maximum absolute atomic E-state index is 13.3. The molecule has 2 aliphatic rings. The van der Waals surface area contributed by atoms with Crippen LogP contribution in [0.2, 0.25) is 0 Å². The molecule has 0 saturated carbocycles. The van der Waals surface area contributed by atoms with Gasteiger partial charge in [0.2, 0.25) is 0 Å². The van der Waals surface area contributed by atoms with Gasteiger partial charge in [0.1, 0.15) is 5.82 Å². The summed E-state index contributed by atoms with van der Waals surface area (Å²) in [5.74, 6) is -0.688. The Balaban J connectivity index is 1.36. The largest absolute Gasteiger partial charge is 0.421 e. The van der Waals surface area contributed by atoms with Gasteiger partial charge in [-0.05, 0) is 68.1 Å². The van der Waals surface area contributed by atoms with Crippen LogP contribution in [0.5, 0.6) is 0 Å². The number of rotatable bonds is 5. The van der Waals surface area contributed by atoms with Crippen LogP contribution >= 0.6 is 0 Å². The highest BCUT2D eigenvalue weighted by Gasteiger charge is 2.51. The number of likely N-dealkylation sites (tertiary alicyclic amines) is 1. The number of nitrogens with zero attached hydrogens (tertiary/aromatic N) is 3. The van der Waals surface area contributed by atoms with Crippen LogP contribution in [0.1, 0.15) is 48.5 Å². The zero-order chi connectivity index (χ0) is 25.4. The number of alkyl halides is 3. The Bertz CT molecular complexity index is 1080. The van der Waals surface area contributed by atoms with Crippen molar-refractivity contribution in [1.29, 1.82) is 0 Å². The van der Waals surface area contributed by atoms with E-state index in [1.54, 1.807) is 28.3 Å². The van der Waals surface area contributed by atoms with Crippen molar-refractivity contribution in [2.24, 2.45) is 5.10 Å². The maximum atomic E-state index is 13.3. The monoisotopic (exact) mass is 493 g/mol. The van der Waals surface area contributed by atoms with E-state index in [1.807, 2.05) is 0 Å². The van der Waals surface area contributed by atoms with Crippen molar-refractivity contribution in [3.63, 3.8) is 0 Å². The number of halogens is 4. The molecule has 2 aliphatic heterocycles. The lowest BCUT2D eigenvalue weighted by Gasteiger charge is -2.40. The van der Waals surface area contributed by atoms with Gasteiger partial charge >= 0.3 is 6.18 Å². The van der Waals surface area contributed by atoms with Gasteiger partial charge in [-0.25, -0.2) is 4.39 Å². The van der Waals surface area contributed by atoms with Crippen molar-refractivity contribution >= 4 is 17.8 Å². The molecule has 1 amide bonds. The molecule has 0 bridgehead atoms. The molecule has 1 fully saturated rings. The van der Waals surface area contributed by atoms with E-state index in [2.05, 4.69) is 5.10 Å². The van der Waals surface area contributed by atoms with E-state index in [0.29, 0.717) is 45.7 Å². The number of carbonyl (C=O) groups excluding carboxylic acids is 1. The van der Waals surface area contributed by atoms with Crippen molar-refractivity contribution in [3.05, 3.63) is 65.5 Å². The molecule has 1 saturated heterocycles. The van der Waals surface area contributed by atoms with Gasteiger partial charge in [-0.3, -0.25) is 9.80 Å². The molecular formula is C25H27F4N3O3. The van der Waals surface area contributed by atoms with Crippen molar-refractivity contribution in [1.82, 2.24) is 4.90 Å². The summed E-state index contributed by atoms with van der Waals surface area (Å²) in [6, 6.07) is 10.6. The Kier molecular flexibility index (Phi) is 6.63. The number of hydrogen-bond donors (Lipinski definition) is 2. The van der Waals surface area contributed by atoms with Crippen LogP contribution in [0, 0.1) is 5.82 Å². The molecule has 2 heterocycles. The molecule has 0 aromatic heterocycles. The highest BCUT2D eigenvalue weighted by molar-refractivity contribution is 5.94. The first-order valence-corrected chi connectivity index (χ1v) is 11.4. The minimum Gasteiger partial charge on any atom is -0.390 e. The van der Waals surface area contributed by atoms with Crippen LogP contribution < -0.4 is 5.01 Å². The van der Waals surface area contributed by atoms with Gasteiger partial charge in [0, 0.05) is 31.3 Å². The van der Waals surface area contributed by atoms with Crippen LogP contribution in [-0.4, -0.2) is 58.1 Å². The van der Waals surface area contributed by atoms with E-state index in [0.717, 1.165) is 17.8 Å². The third kappa shape index (κ3) is 5.18. The van der Waals surface area contributed by atoms with E-state index in [4.69, 9.17) is 0 Å². The molecule has 0 aliphatic carbocycles. The predicted octanol–water partition coefficient (Wildman–Crippen LogP) is 4.22. The average molecular weight is 494 g/mol. The van der Waals surface area contributed by atoms with Crippen LogP contribution in [0.3, 0.4) is 0 Å². The highest BCUT2D eigenvalue weighted by Crippen LogP contribution is 2.38. The Morgan fingerprint density at radius 1 is 1.09 bits per heavy atom. The molecule has 10 heteroatoms. The normalized spacial score (nSPS) is 21.7. The summed E-state index contributed by atoms with van der Waals surface area (Å²) in [6.07, 6.45) is -1.34. The van der Waals surface area contributed by atoms with E-state index >= 15 is 0 Å². The van der Waals surface area contributed by atoms with Gasteiger partial charge in [0.25, 0.3) is 5.91 Å². The summed E-state index contributed by atoms with van der Waals surface area (Å²) in [4.78, 5) is 14.4. The Hall–Kier alpha value is -2.98. The third-order valence-corrected chi connectivity index (χ3v) is 6.86. The second-order valence-corrected chi connectivity index (χ2v) is 9.38. The number of piperidine rings is 1. The van der Waals surface area contributed by atoms with E-state index in [9.17, 15) is 32.6 Å². The molecule has 2 aromatic carbocycles. The summed E-state index contributed by atoms with van der Waals surface area (Å²) in [5.41, 5.74) is -3.43. The number of anilines is 1. The molecule has 0 radical (unpaired) electrons. The zero-order valence-electron chi connectivity index (χ0n) is 19.2. The number of hydrazone groups is 1. The fourth-order valence-electron chi connectivity index (χ4n) is 4.54. The van der Waals surface area contributed by atoms with Gasteiger partial charge in [-0.2, -0.15) is 18.3 Å². The Morgan fingerprint density at radius 2 is 1.69 bits per heavy atom. The van der Waals surface area contributed by atoms with Crippen LogP contribution in [0.4, 0.5) is 23.2 Å². The number of carbonyl (C=O) groups is 1. The first-order valence-electron chi connectivity index (χ1n) is 11.4. The maximum Gasteiger partial charge on any atom is 0.421 e. The second kappa shape index (κ2) is 9.23. The summed E-state index contributed by atoms with van der Waals surface area (Å²) < 4.78 is 52.4.